The number of carbonyl (C=O) groups excluding carboxylic acids is 1. The number of phenols is 1. The van der Waals surface area contributed by atoms with Crippen LogP contribution in [0, 0.1) is 5.92 Å². The molecule has 0 spiro atoms. The summed E-state index contributed by atoms with van der Waals surface area (Å²) in [5.41, 5.74) is 4.24. The molecule has 1 fully saturated rings. The first-order chi connectivity index (χ1) is 16.6. The number of aromatic nitrogens is 3. The van der Waals surface area contributed by atoms with Crippen molar-refractivity contribution in [3.63, 3.8) is 0 Å². The Balaban J connectivity index is 1.41. The molecule has 0 saturated carbocycles. The summed E-state index contributed by atoms with van der Waals surface area (Å²) in [6.07, 6.45) is 3.83. The molecule has 0 bridgehead atoms. The van der Waals surface area contributed by atoms with Crippen LogP contribution in [0.2, 0.25) is 0 Å². The molecule has 174 valence electrons. The zero-order valence-corrected chi connectivity index (χ0v) is 19.0. The third-order valence-electron chi connectivity index (χ3n) is 6.28. The Morgan fingerprint density at radius 3 is 2.82 bits per heavy atom. The highest BCUT2D eigenvalue weighted by atomic mass is 16.5. The van der Waals surface area contributed by atoms with Gasteiger partial charge in [0.1, 0.15) is 11.6 Å². The number of nitrogens with one attached hydrogen (secondary N) is 3. The van der Waals surface area contributed by atoms with Crippen LogP contribution in [0.1, 0.15) is 23.2 Å². The molecule has 8 heteroatoms. The first kappa shape index (κ1) is 21.9. The van der Waals surface area contributed by atoms with Crippen molar-refractivity contribution in [1.29, 1.82) is 0 Å². The Morgan fingerprint density at radius 1 is 1.15 bits per heavy atom. The van der Waals surface area contributed by atoms with E-state index in [0.29, 0.717) is 40.8 Å². The smallest absolute Gasteiger partial charge is 0.251 e. The van der Waals surface area contributed by atoms with Crippen molar-refractivity contribution < 1.29 is 14.6 Å². The Hall–Kier alpha value is -3.91. The number of piperidine rings is 1. The number of aromatic hydroxyl groups is 1. The number of H-pyrrole nitrogens is 1. The van der Waals surface area contributed by atoms with Crippen molar-refractivity contribution in [3.05, 3.63) is 60.3 Å². The topological polar surface area (TPSA) is 112 Å². The minimum Gasteiger partial charge on any atom is -0.507 e. The molecule has 4 aromatic rings. The van der Waals surface area contributed by atoms with Gasteiger partial charge in [-0.15, -0.1) is 0 Å². The molecule has 0 atom stereocenters. The van der Waals surface area contributed by atoms with Gasteiger partial charge in [0.05, 0.1) is 23.7 Å². The first-order valence-corrected chi connectivity index (χ1v) is 11.4. The predicted octanol–water partition coefficient (Wildman–Crippen LogP) is 3.74. The maximum absolute atomic E-state index is 12.7. The lowest BCUT2D eigenvalue weighted by Gasteiger charge is -2.22. The van der Waals surface area contributed by atoms with Crippen molar-refractivity contribution in [2.45, 2.75) is 12.8 Å². The molecule has 2 aromatic carbocycles. The molecule has 2 aromatic heterocycles. The van der Waals surface area contributed by atoms with Crippen LogP contribution < -0.4 is 15.4 Å². The number of aromatic amines is 1. The molecule has 5 rings (SSSR count). The normalized spacial score (nSPS) is 14.3. The number of fused-ring (bicyclic) bond motifs is 1. The number of methoxy groups -OCH3 is 1. The van der Waals surface area contributed by atoms with E-state index < -0.39 is 0 Å². The molecule has 0 aliphatic carbocycles. The summed E-state index contributed by atoms with van der Waals surface area (Å²) in [6, 6.07) is 14.4. The van der Waals surface area contributed by atoms with E-state index in [0.717, 1.165) is 42.6 Å². The van der Waals surface area contributed by atoms with E-state index in [4.69, 9.17) is 4.74 Å². The van der Waals surface area contributed by atoms with Gasteiger partial charge in [-0.2, -0.15) is 0 Å². The Morgan fingerprint density at radius 2 is 2.00 bits per heavy atom. The number of hydrogen-bond donors (Lipinski definition) is 4. The molecule has 0 radical (unpaired) electrons. The number of rotatable bonds is 6. The van der Waals surface area contributed by atoms with Crippen molar-refractivity contribution in [2.75, 3.05) is 26.7 Å². The van der Waals surface area contributed by atoms with Gasteiger partial charge < -0.3 is 25.5 Å². The SMILES string of the molecule is COc1ncccc1-c1ccc(O)c(-c2nc3ccc(C(=O)NCC4CCNCC4)cc3[nH]2)c1. The van der Waals surface area contributed by atoms with Gasteiger partial charge in [0, 0.05) is 23.9 Å². The number of imidazole rings is 1. The third kappa shape index (κ3) is 4.45. The number of hydrogen-bond acceptors (Lipinski definition) is 6. The lowest BCUT2D eigenvalue weighted by molar-refractivity contribution is 0.0944. The Kier molecular flexibility index (Phi) is 6.14. The molecule has 0 unspecified atom stereocenters. The number of carbonyl (C=O) groups is 1. The average Bonchev–Trinajstić information content (AvgIpc) is 3.31. The zero-order valence-electron chi connectivity index (χ0n) is 19.0. The van der Waals surface area contributed by atoms with Crippen molar-refractivity contribution in [2.24, 2.45) is 5.92 Å². The van der Waals surface area contributed by atoms with E-state index in [2.05, 4.69) is 25.6 Å². The molecule has 3 heterocycles. The van der Waals surface area contributed by atoms with E-state index in [-0.39, 0.29) is 11.7 Å². The van der Waals surface area contributed by atoms with Crippen LogP contribution in [0.15, 0.2) is 54.7 Å². The van der Waals surface area contributed by atoms with Crippen molar-refractivity contribution in [1.82, 2.24) is 25.6 Å². The quantitative estimate of drug-likeness (QED) is 0.351. The second-order valence-electron chi connectivity index (χ2n) is 8.51. The van der Waals surface area contributed by atoms with Crippen molar-refractivity contribution in [3.8, 4) is 34.1 Å². The summed E-state index contributed by atoms with van der Waals surface area (Å²) in [5, 5.41) is 16.9. The van der Waals surface area contributed by atoms with Gasteiger partial charge in [-0.05, 0) is 79.9 Å². The molecular weight excluding hydrogens is 430 g/mol. The van der Waals surface area contributed by atoms with Crippen LogP contribution in [0.5, 0.6) is 11.6 Å². The molecule has 1 saturated heterocycles. The molecular formula is C26H27N5O3. The van der Waals surface area contributed by atoms with E-state index in [1.54, 1.807) is 31.5 Å². The minimum atomic E-state index is -0.0925. The van der Waals surface area contributed by atoms with Crippen LogP contribution >= 0.6 is 0 Å². The second kappa shape index (κ2) is 9.52. The van der Waals surface area contributed by atoms with Crippen LogP contribution in [0.25, 0.3) is 33.5 Å². The summed E-state index contributed by atoms with van der Waals surface area (Å²) in [5.74, 6) is 1.55. The molecule has 1 aliphatic rings. The standard InChI is InChI=1S/C26H27N5O3/c1-34-26-19(3-2-10-28-26)17-5-7-23(32)20(13-17)24-30-21-6-4-18(14-22(21)31-24)25(33)29-15-16-8-11-27-12-9-16/h2-7,10,13-14,16,27,32H,8-9,11-12,15H2,1H3,(H,29,33)(H,30,31). The highest BCUT2D eigenvalue weighted by Gasteiger charge is 2.17. The van der Waals surface area contributed by atoms with Crippen LogP contribution in [-0.2, 0) is 0 Å². The Bertz CT molecular complexity index is 1330. The second-order valence-corrected chi connectivity index (χ2v) is 8.51. The van der Waals surface area contributed by atoms with E-state index in [9.17, 15) is 9.90 Å². The van der Waals surface area contributed by atoms with E-state index in [1.165, 1.54) is 0 Å². The lowest BCUT2D eigenvalue weighted by atomic mass is 9.98. The third-order valence-corrected chi connectivity index (χ3v) is 6.28. The lowest BCUT2D eigenvalue weighted by Crippen LogP contribution is -2.35. The maximum atomic E-state index is 12.7. The predicted molar refractivity (Wildman–Crippen MR) is 131 cm³/mol. The summed E-state index contributed by atoms with van der Waals surface area (Å²) in [7, 11) is 1.58. The van der Waals surface area contributed by atoms with Gasteiger partial charge in [0.25, 0.3) is 5.91 Å². The average molecular weight is 458 g/mol. The van der Waals surface area contributed by atoms with Crippen LogP contribution in [-0.4, -0.2) is 52.7 Å². The largest absolute Gasteiger partial charge is 0.507 e. The number of benzene rings is 2. The highest BCUT2D eigenvalue weighted by Crippen LogP contribution is 2.35. The zero-order chi connectivity index (χ0) is 23.5. The van der Waals surface area contributed by atoms with Crippen molar-refractivity contribution >= 4 is 16.9 Å². The fourth-order valence-corrected chi connectivity index (χ4v) is 4.37. The first-order valence-electron chi connectivity index (χ1n) is 11.4. The summed E-state index contributed by atoms with van der Waals surface area (Å²) in [6.45, 7) is 2.70. The molecule has 1 amide bonds. The van der Waals surface area contributed by atoms with Gasteiger partial charge in [-0.3, -0.25) is 4.79 Å². The van der Waals surface area contributed by atoms with Gasteiger partial charge in [-0.25, -0.2) is 9.97 Å². The number of phenolic OH excluding ortho intramolecular Hbond substituents is 1. The van der Waals surface area contributed by atoms with E-state index in [1.807, 2.05) is 30.3 Å². The Labute approximate surface area is 197 Å². The van der Waals surface area contributed by atoms with Gasteiger partial charge in [0.15, 0.2) is 0 Å². The highest BCUT2D eigenvalue weighted by molar-refractivity contribution is 5.97. The molecule has 4 N–H and O–H groups in total. The number of pyridine rings is 1. The number of amides is 1. The van der Waals surface area contributed by atoms with Gasteiger partial charge in [-0.1, -0.05) is 6.07 Å². The number of nitrogens with zero attached hydrogens (tertiary/aromatic N) is 2. The van der Waals surface area contributed by atoms with Gasteiger partial charge >= 0.3 is 0 Å². The molecule has 34 heavy (non-hydrogen) atoms. The van der Waals surface area contributed by atoms with E-state index >= 15 is 0 Å². The maximum Gasteiger partial charge on any atom is 0.251 e. The van der Waals surface area contributed by atoms with Crippen LogP contribution in [0.4, 0.5) is 0 Å². The van der Waals surface area contributed by atoms with Crippen LogP contribution in [0.3, 0.4) is 0 Å². The summed E-state index contributed by atoms with van der Waals surface area (Å²) >= 11 is 0. The summed E-state index contributed by atoms with van der Waals surface area (Å²) in [4.78, 5) is 24.9. The van der Waals surface area contributed by atoms with Gasteiger partial charge in [0.2, 0.25) is 5.88 Å². The monoisotopic (exact) mass is 457 g/mol. The fourth-order valence-electron chi connectivity index (χ4n) is 4.37. The summed E-state index contributed by atoms with van der Waals surface area (Å²) < 4.78 is 5.38. The fraction of sp³-hybridized carbons (Fsp3) is 0.269. The number of ether oxygens (including phenoxy) is 1. The molecule has 8 nitrogen and oxygen atoms in total. The minimum absolute atomic E-state index is 0.0925. The molecule has 1 aliphatic heterocycles.